The van der Waals surface area contributed by atoms with E-state index in [1.165, 1.54) is 0 Å². The largest absolute Gasteiger partial charge is 0.444 e. The van der Waals surface area contributed by atoms with E-state index in [1.807, 2.05) is 34.6 Å². The zero-order chi connectivity index (χ0) is 18.5. The highest BCUT2D eigenvalue weighted by molar-refractivity contribution is 5.69. The molecule has 1 aliphatic rings. The predicted octanol–water partition coefficient (Wildman–Crippen LogP) is 4.39. The standard InChI is InChI=1S/C19H35NO4/c1-14(2)12-15(10-8-9-11-21)16-13-23-19(6,7)20(16)17(22)24-18(3,4)5/h11,14-16H,8-10,12-13H2,1-7H3. The molecule has 1 rings (SSSR count). The van der Waals surface area contributed by atoms with Crippen LogP contribution >= 0.6 is 0 Å². The van der Waals surface area contributed by atoms with Crippen molar-refractivity contribution in [3.8, 4) is 0 Å². The first-order valence-electron chi connectivity index (χ1n) is 9.08. The molecule has 0 radical (unpaired) electrons. The first kappa shape index (κ1) is 20.9. The van der Waals surface area contributed by atoms with E-state index in [2.05, 4.69) is 13.8 Å². The summed E-state index contributed by atoms with van der Waals surface area (Å²) in [6, 6.07) is -0.0103. The number of ether oxygens (including phenoxy) is 2. The lowest BCUT2D eigenvalue weighted by Gasteiger charge is -2.38. The van der Waals surface area contributed by atoms with Gasteiger partial charge in [-0.1, -0.05) is 13.8 Å². The summed E-state index contributed by atoms with van der Waals surface area (Å²) in [7, 11) is 0. The fraction of sp³-hybridized carbons (Fsp3) is 0.895. The quantitative estimate of drug-likeness (QED) is 0.509. The molecule has 5 heteroatoms. The molecule has 0 aliphatic carbocycles. The Morgan fingerprint density at radius 2 is 2.00 bits per heavy atom. The van der Waals surface area contributed by atoms with Crippen molar-refractivity contribution in [1.29, 1.82) is 0 Å². The van der Waals surface area contributed by atoms with E-state index in [0.717, 1.165) is 25.5 Å². The molecule has 2 atom stereocenters. The Balaban J connectivity index is 2.96. The average molecular weight is 341 g/mol. The van der Waals surface area contributed by atoms with Gasteiger partial charge in [0.25, 0.3) is 0 Å². The number of carbonyl (C=O) groups excluding carboxylic acids is 2. The molecule has 0 spiro atoms. The molecule has 5 nitrogen and oxygen atoms in total. The Morgan fingerprint density at radius 1 is 1.38 bits per heavy atom. The minimum absolute atomic E-state index is 0.0103. The first-order valence-corrected chi connectivity index (χ1v) is 9.08. The first-order chi connectivity index (χ1) is 11.0. The number of hydrogen-bond donors (Lipinski definition) is 0. The summed E-state index contributed by atoms with van der Waals surface area (Å²) in [4.78, 5) is 25.2. The van der Waals surface area contributed by atoms with Gasteiger partial charge in [0.05, 0.1) is 12.6 Å². The topological polar surface area (TPSA) is 55.8 Å². The van der Waals surface area contributed by atoms with Crippen LogP contribution in [0.5, 0.6) is 0 Å². The predicted molar refractivity (Wildman–Crippen MR) is 94.8 cm³/mol. The number of amides is 1. The molecule has 140 valence electrons. The Kier molecular flexibility index (Phi) is 7.26. The Bertz CT molecular complexity index is 426. The van der Waals surface area contributed by atoms with Crippen molar-refractivity contribution in [2.45, 2.75) is 91.5 Å². The number of unbranched alkanes of at least 4 members (excludes halogenated alkanes) is 1. The van der Waals surface area contributed by atoms with E-state index in [1.54, 1.807) is 4.90 Å². The summed E-state index contributed by atoms with van der Waals surface area (Å²) in [5, 5.41) is 0. The van der Waals surface area contributed by atoms with Gasteiger partial charge in [-0.3, -0.25) is 4.90 Å². The molecule has 2 unspecified atom stereocenters. The van der Waals surface area contributed by atoms with Gasteiger partial charge in [0.1, 0.15) is 17.6 Å². The van der Waals surface area contributed by atoms with Crippen LogP contribution in [0.25, 0.3) is 0 Å². The molecular weight excluding hydrogens is 306 g/mol. The number of carbonyl (C=O) groups is 2. The number of nitrogens with zero attached hydrogens (tertiary/aromatic N) is 1. The maximum atomic E-state index is 12.8. The number of hydrogen-bond acceptors (Lipinski definition) is 4. The van der Waals surface area contributed by atoms with E-state index in [9.17, 15) is 9.59 Å². The highest BCUT2D eigenvalue weighted by atomic mass is 16.6. The highest BCUT2D eigenvalue weighted by Gasteiger charge is 2.48. The molecule has 0 aromatic carbocycles. The highest BCUT2D eigenvalue weighted by Crippen LogP contribution is 2.36. The molecule has 0 saturated carbocycles. The van der Waals surface area contributed by atoms with Crippen LogP contribution in [0, 0.1) is 11.8 Å². The zero-order valence-corrected chi connectivity index (χ0v) is 16.4. The van der Waals surface area contributed by atoms with Crippen molar-refractivity contribution in [1.82, 2.24) is 4.90 Å². The van der Waals surface area contributed by atoms with E-state index in [0.29, 0.717) is 24.9 Å². The molecule has 1 fully saturated rings. The van der Waals surface area contributed by atoms with Crippen molar-refractivity contribution in [3.63, 3.8) is 0 Å². The van der Waals surface area contributed by atoms with Crippen LogP contribution in [0.2, 0.25) is 0 Å². The third kappa shape index (κ3) is 6.08. The van der Waals surface area contributed by atoms with Gasteiger partial charge < -0.3 is 14.3 Å². The molecular formula is C19H35NO4. The molecule has 1 aliphatic heterocycles. The SMILES string of the molecule is CC(C)CC(CCCC=O)C1COC(C)(C)N1C(=O)OC(C)(C)C. The van der Waals surface area contributed by atoms with Crippen LogP contribution in [0.3, 0.4) is 0 Å². The third-order valence-electron chi connectivity index (χ3n) is 4.32. The summed E-state index contributed by atoms with van der Waals surface area (Å²) in [5.41, 5.74) is -1.21. The molecule has 0 aromatic rings. The van der Waals surface area contributed by atoms with Crippen LogP contribution in [-0.4, -0.2) is 41.3 Å². The van der Waals surface area contributed by atoms with Crippen LogP contribution in [0.1, 0.15) is 74.1 Å². The maximum absolute atomic E-state index is 12.8. The van der Waals surface area contributed by atoms with Crippen molar-refractivity contribution in [2.75, 3.05) is 6.61 Å². The Labute approximate surface area is 147 Å². The maximum Gasteiger partial charge on any atom is 0.412 e. The molecule has 24 heavy (non-hydrogen) atoms. The summed E-state index contributed by atoms with van der Waals surface area (Å²) in [6.07, 6.45) is 3.98. The summed E-state index contributed by atoms with van der Waals surface area (Å²) >= 11 is 0. The molecule has 1 amide bonds. The average Bonchev–Trinajstić information content (AvgIpc) is 2.71. The fourth-order valence-corrected chi connectivity index (χ4v) is 3.38. The molecule has 0 aromatic heterocycles. The van der Waals surface area contributed by atoms with Gasteiger partial charge in [0.15, 0.2) is 0 Å². The second-order valence-corrected chi connectivity index (χ2v) is 8.66. The normalized spacial score (nSPS) is 21.8. The van der Waals surface area contributed by atoms with Gasteiger partial charge in [0.2, 0.25) is 0 Å². The van der Waals surface area contributed by atoms with Crippen LogP contribution < -0.4 is 0 Å². The van der Waals surface area contributed by atoms with Crippen LogP contribution in [-0.2, 0) is 14.3 Å². The van der Waals surface area contributed by atoms with Gasteiger partial charge in [-0.2, -0.15) is 0 Å². The van der Waals surface area contributed by atoms with Gasteiger partial charge >= 0.3 is 6.09 Å². The minimum atomic E-state index is -0.674. The number of rotatable bonds is 7. The lowest BCUT2D eigenvalue weighted by Crippen LogP contribution is -2.52. The monoisotopic (exact) mass is 341 g/mol. The molecule has 0 N–H and O–H groups in total. The molecule has 0 bridgehead atoms. The zero-order valence-electron chi connectivity index (χ0n) is 16.4. The van der Waals surface area contributed by atoms with E-state index in [4.69, 9.17) is 9.47 Å². The van der Waals surface area contributed by atoms with Gasteiger partial charge in [-0.15, -0.1) is 0 Å². The minimum Gasteiger partial charge on any atom is -0.444 e. The van der Waals surface area contributed by atoms with Gasteiger partial charge in [-0.05, 0) is 65.7 Å². The van der Waals surface area contributed by atoms with E-state index in [-0.39, 0.29) is 12.1 Å². The third-order valence-corrected chi connectivity index (χ3v) is 4.32. The van der Waals surface area contributed by atoms with Crippen LogP contribution in [0.4, 0.5) is 4.79 Å². The van der Waals surface area contributed by atoms with E-state index >= 15 is 0 Å². The molecule has 1 heterocycles. The van der Waals surface area contributed by atoms with Crippen molar-refractivity contribution < 1.29 is 19.1 Å². The van der Waals surface area contributed by atoms with Gasteiger partial charge in [-0.25, -0.2) is 4.79 Å². The summed E-state index contributed by atoms with van der Waals surface area (Å²) < 4.78 is 11.5. The van der Waals surface area contributed by atoms with Crippen molar-refractivity contribution in [3.05, 3.63) is 0 Å². The molecule has 1 saturated heterocycles. The summed E-state index contributed by atoms with van der Waals surface area (Å²) in [5.74, 6) is 0.828. The fourth-order valence-electron chi connectivity index (χ4n) is 3.38. The number of aldehydes is 1. The second-order valence-electron chi connectivity index (χ2n) is 8.66. The lowest BCUT2D eigenvalue weighted by molar-refractivity contribution is -0.108. The van der Waals surface area contributed by atoms with E-state index < -0.39 is 11.3 Å². The smallest absolute Gasteiger partial charge is 0.412 e. The second kappa shape index (κ2) is 8.32. The Morgan fingerprint density at radius 3 is 2.50 bits per heavy atom. The van der Waals surface area contributed by atoms with Crippen LogP contribution in [0.15, 0.2) is 0 Å². The summed E-state index contributed by atoms with van der Waals surface area (Å²) in [6.45, 7) is 14.3. The Hall–Kier alpha value is -1.10. The lowest BCUT2D eigenvalue weighted by atomic mass is 9.86. The van der Waals surface area contributed by atoms with Crippen molar-refractivity contribution >= 4 is 12.4 Å². The van der Waals surface area contributed by atoms with Crippen molar-refractivity contribution in [2.24, 2.45) is 11.8 Å². The van der Waals surface area contributed by atoms with Gasteiger partial charge in [0, 0.05) is 6.42 Å².